The summed E-state index contributed by atoms with van der Waals surface area (Å²) in [6, 6.07) is 20.2. The van der Waals surface area contributed by atoms with Crippen LogP contribution in [0, 0.1) is 11.6 Å². The highest BCUT2D eigenvalue weighted by atomic mass is 32.2. The standard InChI is InChI=1S/C23H19F2N3OS/c1-28-22(19-5-3-4-6-20(19)29-2)26-27-23(28)30-21(15-7-11-17(24)12-8-15)16-9-13-18(25)14-10-16/h3-14,21H,1-2H3. The molecule has 0 unspecified atom stereocenters. The first-order valence-electron chi connectivity index (χ1n) is 9.27. The van der Waals surface area contributed by atoms with Crippen molar-refractivity contribution in [3.05, 3.63) is 95.6 Å². The molecule has 30 heavy (non-hydrogen) atoms. The van der Waals surface area contributed by atoms with E-state index in [4.69, 9.17) is 4.74 Å². The molecule has 7 heteroatoms. The van der Waals surface area contributed by atoms with Crippen molar-refractivity contribution in [1.82, 2.24) is 14.8 Å². The minimum atomic E-state index is -0.307. The van der Waals surface area contributed by atoms with E-state index < -0.39 is 0 Å². The van der Waals surface area contributed by atoms with Crippen molar-refractivity contribution in [1.29, 1.82) is 0 Å². The number of aromatic nitrogens is 3. The minimum Gasteiger partial charge on any atom is -0.496 e. The number of thioether (sulfide) groups is 1. The summed E-state index contributed by atoms with van der Waals surface area (Å²) in [5.74, 6) is 0.766. The fourth-order valence-electron chi connectivity index (χ4n) is 3.19. The highest BCUT2D eigenvalue weighted by molar-refractivity contribution is 7.99. The van der Waals surface area contributed by atoms with E-state index in [1.54, 1.807) is 31.4 Å². The van der Waals surface area contributed by atoms with Gasteiger partial charge in [-0.2, -0.15) is 0 Å². The van der Waals surface area contributed by atoms with E-state index in [0.717, 1.165) is 16.7 Å². The van der Waals surface area contributed by atoms with E-state index in [2.05, 4.69) is 10.2 Å². The van der Waals surface area contributed by atoms with Crippen LogP contribution in [-0.2, 0) is 7.05 Å². The van der Waals surface area contributed by atoms with E-state index in [1.165, 1.54) is 36.0 Å². The number of benzene rings is 3. The second-order valence-corrected chi connectivity index (χ2v) is 7.74. The van der Waals surface area contributed by atoms with Crippen LogP contribution in [0.4, 0.5) is 8.78 Å². The molecule has 152 valence electrons. The third-order valence-corrected chi connectivity index (χ3v) is 6.10. The molecule has 0 aliphatic carbocycles. The van der Waals surface area contributed by atoms with Crippen LogP contribution in [0.25, 0.3) is 11.4 Å². The van der Waals surface area contributed by atoms with Gasteiger partial charge < -0.3 is 9.30 Å². The molecule has 0 amide bonds. The molecular formula is C23H19F2N3OS. The van der Waals surface area contributed by atoms with Gasteiger partial charge in [-0.25, -0.2) is 8.78 Å². The van der Waals surface area contributed by atoms with Crippen LogP contribution < -0.4 is 4.74 Å². The Morgan fingerprint density at radius 2 is 1.40 bits per heavy atom. The molecule has 0 spiro atoms. The molecular weight excluding hydrogens is 404 g/mol. The molecule has 0 aliphatic rings. The van der Waals surface area contributed by atoms with E-state index >= 15 is 0 Å². The lowest BCUT2D eigenvalue weighted by atomic mass is 10.0. The number of halogens is 2. The summed E-state index contributed by atoms with van der Waals surface area (Å²) in [5.41, 5.74) is 2.60. The summed E-state index contributed by atoms with van der Waals surface area (Å²) in [5, 5.41) is 9.19. The van der Waals surface area contributed by atoms with E-state index in [0.29, 0.717) is 16.7 Å². The molecule has 0 bridgehead atoms. The molecule has 0 atom stereocenters. The SMILES string of the molecule is COc1ccccc1-c1nnc(SC(c2ccc(F)cc2)c2ccc(F)cc2)n1C. The van der Waals surface area contributed by atoms with Crippen LogP contribution in [-0.4, -0.2) is 21.9 Å². The molecule has 3 aromatic carbocycles. The molecule has 4 rings (SSSR count). The van der Waals surface area contributed by atoms with Gasteiger partial charge in [0, 0.05) is 7.05 Å². The van der Waals surface area contributed by atoms with Gasteiger partial charge in [-0.1, -0.05) is 48.2 Å². The number of hydrogen-bond donors (Lipinski definition) is 0. The zero-order valence-corrected chi connectivity index (χ0v) is 17.2. The highest BCUT2D eigenvalue weighted by Crippen LogP contribution is 2.41. The van der Waals surface area contributed by atoms with Gasteiger partial charge in [0.15, 0.2) is 11.0 Å². The lowest BCUT2D eigenvalue weighted by molar-refractivity contribution is 0.416. The van der Waals surface area contributed by atoms with Gasteiger partial charge in [-0.05, 0) is 47.5 Å². The van der Waals surface area contributed by atoms with Crippen molar-refractivity contribution in [3.63, 3.8) is 0 Å². The Morgan fingerprint density at radius 1 is 0.833 bits per heavy atom. The summed E-state index contributed by atoms with van der Waals surface area (Å²) in [6.45, 7) is 0. The first-order valence-corrected chi connectivity index (χ1v) is 10.1. The predicted octanol–water partition coefficient (Wildman–Crippen LogP) is 5.65. The molecule has 0 saturated heterocycles. The smallest absolute Gasteiger partial charge is 0.192 e. The average Bonchev–Trinajstić information content (AvgIpc) is 3.13. The zero-order chi connectivity index (χ0) is 21.1. The lowest BCUT2D eigenvalue weighted by Crippen LogP contribution is -2.01. The number of para-hydroxylation sites is 1. The molecule has 1 heterocycles. The van der Waals surface area contributed by atoms with Gasteiger partial charge in [0.25, 0.3) is 0 Å². The third-order valence-electron chi connectivity index (χ3n) is 4.75. The minimum absolute atomic E-state index is 0.209. The Bertz CT molecular complexity index is 1100. The van der Waals surface area contributed by atoms with Gasteiger partial charge in [-0.3, -0.25) is 0 Å². The van der Waals surface area contributed by atoms with Gasteiger partial charge in [0.1, 0.15) is 17.4 Å². The van der Waals surface area contributed by atoms with E-state index in [9.17, 15) is 8.78 Å². The van der Waals surface area contributed by atoms with E-state index in [1.807, 2.05) is 35.9 Å². The molecule has 4 nitrogen and oxygen atoms in total. The number of ether oxygens (including phenoxy) is 1. The molecule has 0 fully saturated rings. The molecule has 0 saturated carbocycles. The molecule has 0 N–H and O–H groups in total. The van der Waals surface area contributed by atoms with Crippen molar-refractivity contribution >= 4 is 11.8 Å². The normalized spacial score (nSPS) is 11.1. The number of nitrogens with zero attached hydrogens (tertiary/aromatic N) is 3. The molecule has 0 radical (unpaired) electrons. The fraction of sp³-hybridized carbons (Fsp3) is 0.130. The van der Waals surface area contributed by atoms with Crippen molar-refractivity contribution in [2.24, 2.45) is 7.05 Å². The average molecular weight is 423 g/mol. The predicted molar refractivity (Wildman–Crippen MR) is 113 cm³/mol. The summed E-state index contributed by atoms with van der Waals surface area (Å²) < 4.78 is 34.3. The van der Waals surface area contributed by atoms with Gasteiger partial charge >= 0.3 is 0 Å². The number of hydrogen-bond acceptors (Lipinski definition) is 4. The zero-order valence-electron chi connectivity index (χ0n) is 16.4. The van der Waals surface area contributed by atoms with Crippen molar-refractivity contribution < 1.29 is 13.5 Å². The second-order valence-electron chi connectivity index (χ2n) is 6.67. The Morgan fingerprint density at radius 3 is 1.97 bits per heavy atom. The monoisotopic (exact) mass is 423 g/mol. The highest BCUT2D eigenvalue weighted by Gasteiger charge is 2.21. The summed E-state index contributed by atoms with van der Waals surface area (Å²) in [6.07, 6.45) is 0. The van der Waals surface area contributed by atoms with Crippen LogP contribution in [0.15, 0.2) is 78.0 Å². The largest absolute Gasteiger partial charge is 0.496 e. The Balaban J connectivity index is 1.72. The van der Waals surface area contributed by atoms with Crippen LogP contribution in [0.2, 0.25) is 0 Å². The van der Waals surface area contributed by atoms with Gasteiger partial charge in [0.05, 0.1) is 17.9 Å². The quantitative estimate of drug-likeness (QED) is 0.376. The van der Waals surface area contributed by atoms with Crippen molar-refractivity contribution in [3.8, 4) is 17.1 Å². The van der Waals surface area contributed by atoms with Crippen LogP contribution in [0.1, 0.15) is 16.4 Å². The number of methoxy groups -OCH3 is 1. The Hall–Kier alpha value is -3.19. The topological polar surface area (TPSA) is 39.9 Å². The van der Waals surface area contributed by atoms with Crippen LogP contribution in [0.3, 0.4) is 0 Å². The lowest BCUT2D eigenvalue weighted by Gasteiger charge is -2.17. The maximum absolute atomic E-state index is 13.5. The van der Waals surface area contributed by atoms with Gasteiger partial charge in [0.2, 0.25) is 0 Å². The third kappa shape index (κ3) is 4.07. The Kier molecular flexibility index (Phi) is 5.81. The molecule has 0 aliphatic heterocycles. The number of rotatable bonds is 6. The van der Waals surface area contributed by atoms with Gasteiger partial charge in [-0.15, -0.1) is 10.2 Å². The maximum Gasteiger partial charge on any atom is 0.192 e. The van der Waals surface area contributed by atoms with Crippen LogP contribution >= 0.6 is 11.8 Å². The Labute approximate surface area is 177 Å². The summed E-state index contributed by atoms with van der Waals surface area (Å²) in [7, 11) is 3.50. The first kappa shape index (κ1) is 20.1. The van der Waals surface area contributed by atoms with Crippen molar-refractivity contribution in [2.75, 3.05) is 7.11 Å². The van der Waals surface area contributed by atoms with Crippen LogP contribution in [0.5, 0.6) is 5.75 Å². The van der Waals surface area contributed by atoms with E-state index in [-0.39, 0.29) is 16.9 Å². The summed E-state index contributed by atoms with van der Waals surface area (Å²) in [4.78, 5) is 0. The first-order chi connectivity index (χ1) is 14.6. The molecule has 4 aromatic rings. The van der Waals surface area contributed by atoms with Crippen molar-refractivity contribution in [2.45, 2.75) is 10.4 Å². The second kappa shape index (κ2) is 8.67. The maximum atomic E-state index is 13.5. The summed E-state index contributed by atoms with van der Waals surface area (Å²) >= 11 is 1.47. The molecule has 1 aromatic heterocycles. The fourth-order valence-corrected chi connectivity index (χ4v) is 4.32.